The summed E-state index contributed by atoms with van der Waals surface area (Å²) in [4.78, 5) is 0. The Bertz CT molecular complexity index is 823. The zero-order chi connectivity index (χ0) is 19.6. The Balaban J connectivity index is 0.00000280. The zero-order valence-electron chi connectivity index (χ0n) is 18.5. The Morgan fingerprint density at radius 1 is 0.767 bits per heavy atom. The Labute approximate surface area is 215 Å². The molecule has 0 bridgehead atoms. The van der Waals surface area contributed by atoms with Crippen LogP contribution in [0.25, 0.3) is 0 Å². The number of benzene rings is 2. The monoisotopic (exact) mass is 512 g/mol. The Morgan fingerprint density at radius 3 is 1.60 bits per heavy atom. The van der Waals surface area contributed by atoms with Gasteiger partial charge in [0.25, 0.3) is 0 Å². The molecule has 2 aromatic carbocycles. The molecule has 0 radical (unpaired) electrons. The van der Waals surface area contributed by atoms with E-state index in [1.54, 1.807) is 27.1 Å². The average Bonchev–Trinajstić information content (AvgIpc) is 2.83. The van der Waals surface area contributed by atoms with Crippen LogP contribution in [0.1, 0.15) is 41.0 Å². The van der Waals surface area contributed by atoms with Crippen LogP contribution in [0.3, 0.4) is 0 Å². The first kappa shape index (κ1) is 29.7. The summed E-state index contributed by atoms with van der Waals surface area (Å²) in [6.07, 6.45) is 1.21. The molecule has 0 aliphatic heterocycles. The molecule has 30 heavy (non-hydrogen) atoms. The van der Waals surface area contributed by atoms with E-state index in [0.717, 1.165) is 0 Å². The molecule has 1 unspecified atom stereocenters. The van der Waals surface area contributed by atoms with Crippen molar-refractivity contribution in [3.05, 3.63) is 83.0 Å². The third-order valence-electron chi connectivity index (χ3n) is 6.26. The Morgan fingerprint density at radius 2 is 1.20 bits per heavy atom. The van der Waals surface area contributed by atoms with Crippen molar-refractivity contribution < 1.29 is 57.7 Å². The smallest absolute Gasteiger partial charge is 1.00 e. The second-order valence-electron chi connectivity index (χ2n) is 8.43. The fourth-order valence-electron chi connectivity index (χ4n) is 4.49. The number of allylic oxidation sites excluding steroid dienone is 4. The van der Waals surface area contributed by atoms with Crippen molar-refractivity contribution in [3.63, 3.8) is 0 Å². The summed E-state index contributed by atoms with van der Waals surface area (Å²) in [5.74, 6) is 0.696. The molecule has 0 saturated heterocycles. The van der Waals surface area contributed by atoms with Gasteiger partial charge in [-0.25, -0.2) is 0 Å². The molecule has 0 aromatic heterocycles. The maximum absolute atomic E-state index is 2.52. The van der Waals surface area contributed by atoms with Crippen LogP contribution < -0.4 is 47.6 Å². The summed E-state index contributed by atoms with van der Waals surface area (Å²) in [7, 11) is -1.32. The van der Waals surface area contributed by atoms with Crippen LogP contribution in [-0.4, -0.2) is 8.80 Å². The first-order chi connectivity index (χ1) is 12.8. The van der Waals surface area contributed by atoms with Gasteiger partial charge in [-0.1, -0.05) is 0 Å². The van der Waals surface area contributed by atoms with E-state index in [-0.39, 0.29) is 40.9 Å². The van der Waals surface area contributed by atoms with Gasteiger partial charge in [-0.05, 0) is 0 Å². The van der Waals surface area contributed by atoms with Crippen molar-refractivity contribution in [1.82, 2.24) is 0 Å². The van der Waals surface area contributed by atoms with Gasteiger partial charge in [-0.3, -0.25) is 0 Å². The molecule has 0 heterocycles. The van der Waals surface area contributed by atoms with Gasteiger partial charge >= 0.3 is 179 Å². The normalized spacial score (nSPS) is 18.3. The molecule has 1 atom stereocenters. The van der Waals surface area contributed by atoms with Crippen LogP contribution >= 0.6 is 0 Å². The molecule has 1 aliphatic rings. The quantitative estimate of drug-likeness (QED) is 0.351. The van der Waals surface area contributed by atoms with Crippen LogP contribution in [0.15, 0.2) is 83.0 Å². The SMILES string of the molecule is CC1=C(C)[C]([Ti+3])(C[SiH](c2ccccc2)c2ccccc2)C(CC(C)C)=C1C.[Cl-].[Cl-].[Cl-]. The summed E-state index contributed by atoms with van der Waals surface area (Å²) < 4.78 is 0.195. The minimum absolute atomic E-state index is 0. The molecule has 1 aliphatic carbocycles. The molecule has 3 rings (SSSR count). The fourth-order valence-corrected chi connectivity index (χ4v) is 9.59. The van der Waals surface area contributed by atoms with Crippen LogP contribution in [0.2, 0.25) is 9.76 Å². The minimum Gasteiger partial charge on any atom is -1.00 e. The topological polar surface area (TPSA) is 0 Å². The first-order valence-electron chi connectivity index (χ1n) is 10.1. The van der Waals surface area contributed by atoms with Crippen molar-refractivity contribution in [2.45, 2.75) is 50.8 Å². The maximum Gasteiger partial charge on any atom is -1.00 e. The second-order valence-corrected chi connectivity index (χ2v) is 12.6. The number of rotatable bonds is 6. The van der Waals surface area contributed by atoms with Gasteiger partial charge in [-0.15, -0.1) is 0 Å². The van der Waals surface area contributed by atoms with E-state index in [0.29, 0.717) is 5.92 Å². The third kappa shape index (κ3) is 6.15. The minimum atomic E-state index is -1.32. The van der Waals surface area contributed by atoms with E-state index in [1.165, 1.54) is 18.0 Å². The molecular formula is C25H31Cl3SiTi. The van der Waals surface area contributed by atoms with Crippen LogP contribution in [-0.2, 0) is 20.4 Å². The van der Waals surface area contributed by atoms with Crippen molar-refractivity contribution >= 4 is 19.2 Å². The van der Waals surface area contributed by atoms with Crippen molar-refractivity contribution in [1.29, 1.82) is 0 Å². The largest absolute Gasteiger partial charge is 1.00 e. The summed E-state index contributed by atoms with van der Waals surface area (Å²) in [6, 6.07) is 23.8. The first-order valence-corrected chi connectivity index (χ1v) is 12.8. The van der Waals surface area contributed by atoms with Gasteiger partial charge in [0.15, 0.2) is 0 Å². The van der Waals surface area contributed by atoms with E-state index in [4.69, 9.17) is 0 Å². The van der Waals surface area contributed by atoms with Crippen molar-refractivity contribution in [2.24, 2.45) is 5.92 Å². The van der Waals surface area contributed by atoms with Crippen molar-refractivity contribution in [2.75, 3.05) is 0 Å². The number of hydrogen-bond acceptors (Lipinski definition) is 0. The molecule has 0 spiro atoms. The molecule has 0 saturated carbocycles. The second kappa shape index (κ2) is 12.7. The Kier molecular flexibility index (Phi) is 12.6. The molecule has 0 nitrogen and oxygen atoms in total. The summed E-state index contributed by atoms with van der Waals surface area (Å²) in [6.45, 7) is 11.8. The maximum atomic E-state index is 2.52. The zero-order valence-corrected chi connectivity index (χ0v) is 23.5. The van der Waals surface area contributed by atoms with Crippen LogP contribution in [0.5, 0.6) is 0 Å². The average molecular weight is 514 g/mol. The van der Waals surface area contributed by atoms with Gasteiger partial charge in [0.1, 0.15) is 0 Å². The molecule has 2 aromatic rings. The third-order valence-corrected chi connectivity index (χ3v) is 11.7. The fraction of sp³-hybridized carbons (Fsp3) is 0.360. The van der Waals surface area contributed by atoms with Crippen molar-refractivity contribution in [3.8, 4) is 0 Å². The Hall–Kier alpha value is -0.279. The number of hydrogen-bond donors (Lipinski definition) is 0. The van der Waals surface area contributed by atoms with Gasteiger partial charge in [0, 0.05) is 0 Å². The summed E-state index contributed by atoms with van der Waals surface area (Å²) >= 11 is 2.52. The standard InChI is InChI=1S/C25H31Si.3ClH.Ti/c1-18(2)16-24-20(4)19(3)21(5)25(24)17-26(22-12-8-6-9-13-22)23-14-10-7-11-15-23;;;;/h6-15,18,26H,16-17H2,1-5H3;3*1H;/q;;;;+3/p-3. The predicted octanol–water partition coefficient (Wildman–Crippen LogP) is -3.54. The van der Waals surface area contributed by atoms with E-state index < -0.39 is 8.80 Å². The van der Waals surface area contributed by atoms with Crippen LogP contribution in [0, 0.1) is 5.92 Å². The van der Waals surface area contributed by atoms with E-state index in [2.05, 4.69) is 116 Å². The van der Waals surface area contributed by atoms with E-state index >= 15 is 0 Å². The van der Waals surface area contributed by atoms with E-state index in [9.17, 15) is 0 Å². The van der Waals surface area contributed by atoms with E-state index in [1.807, 2.05) is 0 Å². The van der Waals surface area contributed by atoms with Gasteiger partial charge in [-0.2, -0.15) is 0 Å². The van der Waals surface area contributed by atoms with Gasteiger partial charge < -0.3 is 37.2 Å². The molecule has 0 amide bonds. The molecular weight excluding hydrogens is 483 g/mol. The molecule has 0 N–H and O–H groups in total. The number of halogens is 3. The van der Waals surface area contributed by atoms with Gasteiger partial charge in [0.05, 0.1) is 0 Å². The summed E-state index contributed by atoms with van der Waals surface area (Å²) in [5.41, 5.74) is 6.37. The molecule has 160 valence electrons. The molecule has 5 heteroatoms. The molecule has 0 fully saturated rings. The predicted molar refractivity (Wildman–Crippen MR) is 117 cm³/mol. The van der Waals surface area contributed by atoms with Gasteiger partial charge in [0.2, 0.25) is 0 Å². The summed E-state index contributed by atoms with van der Waals surface area (Å²) in [5, 5.41) is 3.12. The van der Waals surface area contributed by atoms with Crippen LogP contribution in [0.4, 0.5) is 0 Å².